The van der Waals surface area contributed by atoms with Crippen LogP contribution in [0.1, 0.15) is 13.8 Å². The zero-order valence-corrected chi connectivity index (χ0v) is 11.2. The summed E-state index contributed by atoms with van der Waals surface area (Å²) in [6.45, 7) is 4.87. The molecule has 0 radical (unpaired) electrons. The molecule has 16 heavy (non-hydrogen) atoms. The van der Waals surface area contributed by atoms with Gasteiger partial charge in [-0.25, -0.2) is 0 Å². The molecular weight excluding hydrogens is 272 g/mol. The highest BCUT2D eigenvalue weighted by molar-refractivity contribution is 6.42. The molecular formula is C10H12Cl3NO2. The topological polar surface area (TPSA) is 31.4 Å². The largest absolute Gasteiger partial charge is 0.471 e. The van der Waals surface area contributed by atoms with Crippen LogP contribution in [0.2, 0.25) is 15.2 Å². The lowest BCUT2D eigenvalue weighted by atomic mass is 10.4. The molecule has 0 aromatic carbocycles. The van der Waals surface area contributed by atoms with Gasteiger partial charge in [0.15, 0.2) is 5.15 Å². The van der Waals surface area contributed by atoms with Gasteiger partial charge in [0.05, 0.1) is 11.6 Å². The van der Waals surface area contributed by atoms with E-state index in [-0.39, 0.29) is 17.1 Å². The van der Waals surface area contributed by atoms with E-state index in [9.17, 15) is 0 Å². The first-order valence-electron chi connectivity index (χ1n) is 4.80. The second kappa shape index (κ2) is 6.50. The van der Waals surface area contributed by atoms with Crippen LogP contribution < -0.4 is 4.74 Å². The highest BCUT2D eigenvalue weighted by Crippen LogP contribution is 2.30. The van der Waals surface area contributed by atoms with Crippen molar-refractivity contribution in [2.24, 2.45) is 0 Å². The van der Waals surface area contributed by atoms with Crippen molar-refractivity contribution in [2.45, 2.75) is 20.0 Å². The Bertz CT molecular complexity index is 360. The van der Waals surface area contributed by atoms with Crippen molar-refractivity contribution in [1.29, 1.82) is 0 Å². The Morgan fingerprint density at radius 2 is 2.00 bits per heavy atom. The molecule has 1 heterocycles. The Kier molecular flexibility index (Phi) is 5.62. The fourth-order valence-corrected chi connectivity index (χ4v) is 1.55. The predicted octanol–water partition coefficient (Wildman–Crippen LogP) is 3.85. The third kappa shape index (κ3) is 3.98. The van der Waals surface area contributed by atoms with Crippen molar-refractivity contribution in [2.75, 3.05) is 13.2 Å². The molecule has 0 aliphatic heterocycles. The van der Waals surface area contributed by atoms with Crippen LogP contribution in [0.5, 0.6) is 5.88 Å². The van der Waals surface area contributed by atoms with E-state index >= 15 is 0 Å². The first-order chi connectivity index (χ1) is 7.54. The average Bonchev–Trinajstić information content (AvgIpc) is 2.23. The maximum atomic E-state index is 5.91. The molecule has 1 aromatic heterocycles. The first kappa shape index (κ1) is 13.8. The molecule has 1 rings (SSSR count). The van der Waals surface area contributed by atoms with Gasteiger partial charge in [0, 0.05) is 6.61 Å². The Morgan fingerprint density at radius 3 is 2.62 bits per heavy atom. The molecule has 90 valence electrons. The molecule has 0 N–H and O–H groups in total. The van der Waals surface area contributed by atoms with Crippen molar-refractivity contribution in [3.05, 3.63) is 21.3 Å². The van der Waals surface area contributed by atoms with E-state index in [1.807, 2.05) is 13.8 Å². The zero-order valence-electron chi connectivity index (χ0n) is 8.97. The van der Waals surface area contributed by atoms with Crippen molar-refractivity contribution in [3.8, 4) is 5.88 Å². The first-order valence-corrected chi connectivity index (χ1v) is 5.94. The van der Waals surface area contributed by atoms with Gasteiger partial charge in [-0.2, -0.15) is 4.98 Å². The molecule has 1 atom stereocenters. The quantitative estimate of drug-likeness (QED) is 0.770. The van der Waals surface area contributed by atoms with Crippen LogP contribution in [0.15, 0.2) is 6.07 Å². The lowest BCUT2D eigenvalue weighted by molar-refractivity contribution is 0.0634. The van der Waals surface area contributed by atoms with Gasteiger partial charge in [0.1, 0.15) is 11.1 Å². The number of ether oxygens (including phenoxy) is 2. The molecule has 0 amide bonds. The summed E-state index contributed by atoms with van der Waals surface area (Å²) in [5, 5.41) is 0.805. The predicted molar refractivity (Wildman–Crippen MR) is 65.9 cm³/mol. The number of nitrogens with zero attached hydrogens (tertiary/aromatic N) is 1. The van der Waals surface area contributed by atoms with E-state index < -0.39 is 0 Å². The highest BCUT2D eigenvalue weighted by atomic mass is 35.5. The normalized spacial score (nSPS) is 12.6. The number of aromatic nitrogens is 1. The van der Waals surface area contributed by atoms with E-state index in [4.69, 9.17) is 44.3 Å². The molecule has 0 bridgehead atoms. The number of hydrogen-bond acceptors (Lipinski definition) is 3. The Hall–Kier alpha value is -0.220. The van der Waals surface area contributed by atoms with Gasteiger partial charge in [-0.3, -0.25) is 0 Å². The minimum absolute atomic E-state index is 0.151. The summed E-state index contributed by atoms with van der Waals surface area (Å²) in [6.07, 6.45) is -0.151. The molecule has 1 aromatic rings. The lowest BCUT2D eigenvalue weighted by Gasteiger charge is -2.14. The maximum Gasteiger partial charge on any atom is 0.234 e. The van der Waals surface area contributed by atoms with Crippen LogP contribution in [0, 0.1) is 0 Å². The number of halogens is 3. The maximum absolute atomic E-state index is 5.91. The summed E-state index contributed by atoms with van der Waals surface area (Å²) in [4.78, 5) is 3.94. The van der Waals surface area contributed by atoms with Crippen molar-refractivity contribution < 1.29 is 9.47 Å². The molecule has 0 saturated carbocycles. The molecule has 0 fully saturated rings. The fourth-order valence-electron chi connectivity index (χ4n) is 1.02. The average molecular weight is 285 g/mol. The van der Waals surface area contributed by atoms with Gasteiger partial charge < -0.3 is 9.47 Å². The van der Waals surface area contributed by atoms with Crippen molar-refractivity contribution >= 4 is 34.8 Å². The lowest BCUT2D eigenvalue weighted by Crippen LogP contribution is -2.19. The van der Waals surface area contributed by atoms with Gasteiger partial charge in [0.25, 0.3) is 0 Å². The van der Waals surface area contributed by atoms with E-state index in [0.717, 1.165) is 0 Å². The van der Waals surface area contributed by atoms with Gasteiger partial charge >= 0.3 is 0 Å². The van der Waals surface area contributed by atoms with Crippen LogP contribution >= 0.6 is 34.8 Å². The summed E-state index contributed by atoms with van der Waals surface area (Å²) in [5.74, 6) is 0.267. The van der Waals surface area contributed by atoms with E-state index in [0.29, 0.717) is 23.3 Å². The number of rotatable bonds is 5. The van der Waals surface area contributed by atoms with Gasteiger partial charge in [-0.1, -0.05) is 34.8 Å². The zero-order chi connectivity index (χ0) is 12.1. The van der Waals surface area contributed by atoms with Crippen LogP contribution in [-0.2, 0) is 4.74 Å². The van der Waals surface area contributed by atoms with E-state index in [1.165, 1.54) is 6.07 Å². The smallest absolute Gasteiger partial charge is 0.234 e. The molecule has 1 unspecified atom stereocenters. The Morgan fingerprint density at radius 1 is 1.31 bits per heavy atom. The van der Waals surface area contributed by atoms with Gasteiger partial charge in [-0.05, 0) is 19.9 Å². The highest BCUT2D eigenvalue weighted by Gasteiger charge is 2.12. The van der Waals surface area contributed by atoms with Crippen LogP contribution in [0.25, 0.3) is 0 Å². The Labute approximate surface area is 110 Å². The van der Waals surface area contributed by atoms with Crippen molar-refractivity contribution in [1.82, 2.24) is 4.98 Å². The molecule has 3 nitrogen and oxygen atoms in total. The van der Waals surface area contributed by atoms with Crippen LogP contribution in [-0.4, -0.2) is 24.3 Å². The van der Waals surface area contributed by atoms with E-state index in [2.05, 4.69) is 4.98 Å². The second-order valence-corrected chi connectivity index (χ2v) is 4.31. The third-order valence-electron chi connectivity index (χ3n) is 1.72. The van der Waals surface area contributed by atoms with Gasteiger partial charge in [-0.15, -0.1) is 0 Å². The summed E-state index contributed by atoms with van der Waals surface area (Å²) in [6, 6.07) is 1.50. The fraction of sp³-hybridized carbons (Fsp3) is 0.500. The summed E-state index contributed by atoms with van der Waals surface area (Å²) < 4.78 is 10.7. The molecule has 0 aliphatic rings. The van der Waals surface area contributed by atoms with E-state index in [1.54, 1.807) is 0 Å². The molecule has 0 spiro atoms. The summed E-state index contributed by atoms with van der Waals surface area (Å²) in [7, 11) is 0. The summed E-state index contributed by atoms with van der Waals surface area (Å²) in [5.41, 5.74) is 0. The standard InChI is InChI=1S/C10H12Cl3NO2/c1-3-15-5-6(2)16-10-8(12)4-7(11)9(13)14-10/h4,6H,3,5H2,1-2H3. The second-order valence-electron chi connectivity index (χ2n) is 3.14. The molecule has 0 saturated heterocycles. The number of hydrogen-bond donors (Lipinski definition) is 0. The minimum Gasteiger partial charge on any atom is -0.471 e. The van der Waals surface area contributed by atoms with Gasteiger partial charge in [0.2, 0.25) is 5.88 Å². The monoisotopic (exact) mass is 283 g/mol. The number of pyridine rings is 1. The Balaban J connectivity index is 2.69. The molecule has 6 heteroatoms. The van der Waals surface area contributed by atoms with Crippen LogP contribution in [0.4, 0.5) is 0 Å². The third-order valence-corrected chi connectivity index (χ3v) is 2.67. The van der Waals surface area contributed by atoms with Crippen LogP contribution in [0.3, 0.4) is 0 Å². The summed E-state index contributed by atoms with van der Waals surface area (Å²) >= 11 is 17.4. The minimum atomic E-state index is -0.151. The molecule has 0 aliphatic carbocycles. The SMILES string of the molecule is CCOCC(C)Oc1nc(Cl)c(Cl)cc1Cl. The van der Waals surface area contributed by atoms with Crippen molar-refractivity contribution in [3.63, 3.8) is 0 Å².